The number of carboxylic acid groups (broad SMARTS) is 1. The van der Waals surface area contributed by atoms with Crippen molar-refractivity contribution in [2.75, 3.05) is 6.54 Å². The average Bonchev–Trinajstić information content (AvgIpc) is 2.80. The monoisotopic (exact) mass is 265 g/mol. The van der Waals surface area contributed by atoms with Crippen LogP contribution in [-0.4, -0.2) is 28.6 Å². The number of aliphatic carboxylic acids is 1. The third-order valence-electron chi connectivity index (χ3n) is 3.88. The summed E-state index contributed by atoms with van der Waals surface area (Å²) in [6.45, 7) is 2.87. The minimum absolute atomic E-state index is 0.0203. The van der Waals surface area contributed by atoms with Gasteiger partial charge in [0.15, 0.2) is 0 Å². The topological polar surface area (TPSA) is 40.5 Å². The van der Waals surface area contributed by atoms with Crippen LogP contribution in [0.4, 0.5) is 4.39 Å². The maximum atomic E-state index is 13.9. The highest BCUT2D eigenvalue weighted by Gasteiger charge is 2.32. The van der Waals surface area contributed by atoms with Crippen molar-refractivity contribution < 1.29 is 14.3 Å². The first-order valence-corrected chi connectivity index (χ1v) is 6.85. The molecule has 0 spiro atoms. The van der Waals surface area contributed by atoms with Crippen molar-refractivity contribution in [3.8, 4) is 0 Å². The first-order chi connectivity index (χ1) is 9.13. The Bertz CT molecular complexity index is 450. The molecule has 4 heteroatoms. The molecule has 1 aliphatic rings. The fourth-order valence-electron chi connectivity index (χ4n) is 3.07. The molecular formula is C15H20FNO2. The Hall–Kier alpha value is -1.42. The quantitative estimate of drug-likeness (QED) is 0.888. The standard InChI is InChI=1S/C15H20FNO2/c1-2-14(12-7-3-4-8-13(12)16)17-9-5-6-11(17)10-15(18)19/h3-4,7-8,11,14H,2,5-6,9-10H2,1H3,(H,18,19). The molecule has 0 saturated carbocycles. The van der Waals surface area contributed by atoms with E-state index in [2.05, 4.69) is 4.90 Å². The Labute approximate surface area is 113 Å². The maximum Gasteiger partial charge on any atom is 0.304 e. The van der Waals surface area contributed by atoms with Gasteiger partial charge in [0.2, 0.25) is 0 Å². The molecular weight excluding hydrogens is 245 g/mol. The van der Waals surface area contributed by atoms with Crippen molar-refractivity contribution in [2.45, 2.75) is 44.7 Å². The van der Waals surface area contributed by atoms with Gasteiger partial charge in [-0.15, -0.1) is 0 Å². The van der Waals surface area contributed by atoms with Crippen molar-refractivity contribution in [2.24, 2.45) is 0 Å². The smallest absolute Gasteiger partial charge is 0.304 e. The lowest BCUT2D eigenvalue weighted by Crippen LogP contribution is -2.35. The Morgan fingerprint density at radius 3 is 2.89 bits per heavy atom. The number of rotatable bonds is 5. The highest BCUT2D eigenvalue weighted by atomic mass is 19.1. The van der Waals surface area contributed by atoms with Crippen LogP contribution in [0, 0.1) is 5.82 Å². The van der Waals surface area contributed by atoms with Gasteiger partial charge in [0.05, 0.1) is 6.42 Å². The summed E-state index contributed by atoms with van der Waals surface area (Å²) in [5.74, 6) is -0.976. The number of benzene rings is 1. The summed E-state index contributed by atoms with van der Waals surface area (Å²) < 4.78 is 13.9. The second-order valence-electron chi connectivity index (χ2n) is 5.08. The minimum Gasteiger partial charge on any atom is -0.481 e. The lowest BCUT2D eigenvalue weighted by molar-refractivity contribution is -0.138. The van der Waals surface area contributed by atoms with Gasteiger partial charge in [0.1, 0.15) is 5.82 Å². The van der Waals surface area contributed by atoms with E-state index in [9.17, 15) is 9.18 Å². The molecule has 2 atom stereocenters. The predicted octanol–water partition coefficient (Wildman–Crippen LogP) is 3.22. The first-order valence-electron chi connectivity index (χ1n) is 6.85. The van der Waals surface area contributed by atoms with E-state index >= 15 is 0 Å². The molecule has 19 heavy (non-hydrogen) atoms. The fourth-order valence-corrected chi connectivity index (χ4v) is 3.07. The molecule has 0 radical (unpaired) electrons. The lowest BCUT2D eigenvalue weighted by Gasteiger charge is -2.32. The molecule has 0 amide bonds. The molecule has 104 valence electrons. The molecule has 1 N–H and O–H groups in total. The number of nitrogens with zero attached hydrogens (tertiary/aromatic N) is 1. The summed E-state index contributed by atoms with van der Waals surface area (Å²) >= 11 is 0. The van der Waals surface area contributed by atoms with Gasteiger partial charge in [-0.1, -0.05) is 25.1 Å². The van der Waals surface area contributed by atoms with Crippen molar-refractivity contribution in [1.29, 1.82) is 0 Å². The molecule has 0 bridgehead atoms. The molecule has 2 rings (SSSR count). The third kappa shape index (κ3) is 3.13. The largest absolute Gasteiger partial charge is 0.481 e. The van der Waals surface area contributed by atoms with E-state index < -0.39 is 5.97 Å². The van der Waals surface area contributed by atoms with Gasteiger partial charge in [-0.2, -0.15) is 0 Å². The van der Waals surface area contributed by atoms with Gasteiger partial charge in [-0.3, -0.25) is 9.69 Å². The molecule has 3 nitrogen and oxygen atoms in total. The molecule has 1 fully saturated rings. The van der Waals surface area contributed by atoms with Crippen LogP contribution in [0.15, 0.2) is 24.3 Å². The number of hydrogen-bond acceptors (Lipinski definition) is 2. The molecule has 1 heterocycles. The second-order valence-corrected chi connectivity index (χ2v) is 5.08. The van der Waals surface area contributed by atoms with E-state index in [1.165, 1.54) is 6.07 Å². The Balaban J connectivity index is 2.21. The number of carbonyl (C=O) groups is 1. The van der Waals surface area contributed by atoms with Crippen molar-refractivity contribution in [1.82, 2.24) is 4.90 Å². The van der Waals surface area contributed by atoms with Gasteiger partial charge < -0.3 is 5.11 Å². The van der Waals surface area contributed by atoms with E-state index in [0.29, 0.717) is 5.56 Å². The zero-order valence-electron chi connectivity index (χ0n) is 11.2. The van der Waals surface area contributed by atoms with Crippen LogP contribution >= 0.6 is 0 Å². The van der Waals surface area contributed by atoms with Crippen molar-refractivity contribution >= 4 is 5.97 Å². The maximum absolute atomic E-state index is 13.9. The lowest BCUT2D eigenvalue weighted by atomic mass is 10.0. The second kappa shape index (κ2) is 6.15. The van der Waals surface area contributed by atoms with E-state index in [-0.39, 0.29) is 24.3 Å². The zero-order chi connectivity index (χ0) is 13.8. The SMILES string of the molecule is CCC(c1ccccc1F)N1CCCC1CC(=O)O. The van der Waals surface area contributed by atoms with Crippen molar-refractivity contribution in [3.05, 3.63) is 35.6 Å². The summed E-state index contributed by atoms with van der Waals surface area (Å²) in [5.41, 5.74) is 0.683. The molecule has 1 aromatic rings. The number of hydrogen-bond donors (Lipinski definition) is 1. The van der Waals surface area contributed by atoms with Gasteiger partial charge in [-0.05, 0) is 31.9 Å². The predicted molar refractivity (Wildman–Crippen MR) is 71.4 cm³/mol. The summed E-state index contributed by atoms with van der Waals surface area (Å²) in [7, 11) is 0. The molecule has 0 aliphatic carbocycles. The van der Waals surface area contributed by atoms with Gasteiger partial charge in [0, 0.05) is 17.6 Å². The van der Waals surface area contributed by atoms with Crippen LogP contribution in [-0.2, 0) is 4.79 Å². The summed E-state index contributed by atoms with van der Waals surface area (Å²) in [6, 6.07) is 6.81. The highest BCUT2D eigenvalue weighted by molar-refractivity contribution is 5.67. The average molecular weight is 265 g/mol. The molecule has 1 saturated heterocycles. The van der Waals surface area contributed by atoms with E-state index in [0.717, 1.165) is 25.8 Å². The number of likely N-dealkylation sites (tertiary alicyclic amines) is 1. The van der Waals surface area contributed by atoms with E-state index in [4.69, 9.17) is 5.11 Å². The van der Waals surface area contributed by atoms with Crippen molar-refractivity contribution in [3.63, 3.8) is 0 Å². The molecule has 1 aromatic carbocycles. The van der Waals surface area contributed by atoms with Crippen LogP contribution in [0.2, 0.25) is 0 Å². The Morgan fingerprint density at radius 2 is 2.26 bits per heavy atom. The number of halogens is 1. The Kier molecular flexibility index (Phi) is 4.53. The summed E-state index contributed by atoms with van der Waals surface area (Å²) in [5, 5.41) is 8.97. The van der Waals surface area contributed by atoms with Gasteiger partial charge in [0.25, 0.3) is 0 Å². The molecule has 2 unspecified atom stereocenters. The normalized spacial score (nSPS) is 21.5. The van der Waals surface area contributed by atoms with Crippen LogP contribution in [0.5, 0.6) is 0 Å². The van der Waals surface area contributed by atoms with E-state index in [1.807, 2.05) is 13.0 Å². The molecule has 0 aromatic heterocycles. The van der Waals surface area contributed by atoms with E-state index in [1.54, 1.807) is 12.1 Å². The van der Waals surface area contributed by atoms with Gasteiger partial charge >= 0.3 is 5.97 Å². The Morgan fingerprint density at radius 1 is 1.53 bits per heavy atom. The third-order valence-corrected chi connectivity index (χ3v) is 3.88. The zero-order valence-corrected chi connectivity index (χ0v) is 11.2. The highest BCUT2D eigenvalue weighted by Crippen LogP contribution is 2.34. The van der Waals surface area contributed by atoms with Crippen LogP contribution in [0.3, 0.4) is 0 Å². The molecule has 1 aliphatic heterocycles. The van der Waals surface area contributed by atoms with Gasteiger partial charge in [-0.25, -0.2) is 4.39 Å². The minimum atomic E-state index is -0.778. The number of carboxylic acids is 1. The fraction of sp³-hybridized carbons (Fsp3) is 0.533. The van der Waals surface area contributed by atoms with Crippen LogP contribution < -0.4 is 0 Å². The summed E-state index contributed by atoms with van der Waals surface area (Å²) in [6.07, 6.45) is 2.81. The van der Waals surface area contributed by atoms with Crippen LogP contribution in [0.1, 0.15) is 44.2 Å². The first kappa shape index (κ1) is 14.0. The summed E-state index contributed by atoms with van der Waals surface area (Å²) in [4.78, 5) is 13.1. The van der Waals surface area contributed by atoms with Crippen LogP contribution in [0.25, 0.3) is 0 Å².